The number of rotatable bonds is 1. The van der Waals surface area contributed by atoms with Gasteiger partial charge in [0.25, 0.3) is 0 Å². The molecule has 0 saturated heterocycles. The van der Waals surface area contributed by atoms with Crippen molar-refractivity contribution in [2.24, 2.45) is 0 Å². The molecule has 1 aliphatic heterocycles. The van der Waals surface area contributed by atoms with Crippen LogP contribution in [-0.4, -0.2) is 11.5 Å². The van der Waals surface area contributed by atoms with E-state index < -0.39 is 0 Å². The lowest BCUT2D eigenvalue weighted by atomic mass is 9.94. The maximum absolute atomic E-state index is 11.3. The molecule has 80 valence electrons. The Morgan fingerprint density at radius 3 is 3.00 bits per heavy atom. The average Bonchev–Trinajstić information content (AvgIpc) is 2.40. The summed E-state index contributed by atoms with van der Waals surface area (Å²) in [5.74, 6) is 1.96. The van der Waals surface area contributed by atoms with Gasteiger partial charge in [-0.05, 0) is 49.1 Å². The highest BCUT2D eigenvalue weighted by Gasteiger charge is 2.16. The molecule has 2 rings (SSSR count). The second-order valence-corrected chi connectivity index (χ2v) is 5.34. The van der Waals surface area contributed by atoms with Crippen molar-refractivity contribution < 1.29 is 4.79 Å². The zero-order valence-corrected chi connectivity index (χ0v) is 10.1. The highest BCUT2D eigenvalue weighted by atomic mass is 32.2. The fraction of sp³-hybridized carbons (Fsp3) is 0.462. The normalized spacial score (nSPS) is 20.5. The van der Waals surface area contributed by atoms with E-state index in [1.165, 1.54) is 29.1 Å². The first-order chi connectivity index (χ1) is 7.18. The van der Waals surface area contributed by atoms with Crippen LogP contribution in [0.25, 0.3) is 0 Å². The molecule has 1 aromatic rings. The van der Waals surface area contributed by atoms with Crippen LogP contribution in [-0.2, 0) is 0 Å². The first-order valence-electron chi connectivity index (χ1n) is 5.46. The van der Waals surface area contributed by atoms with Crippen molar-refractivity contribution >= 4 is 17.5 Å². The third-order valence-corrected chi connectivity index (χ3v) is 4.16. The van der Waals surface area contributed by atoms with E-state index in [1.807, 2.05) is 17.8 Å². The molecule has 1 heterocycles. The molecular weight excluding hydrogens is 204 g/mol. The Labute approximate surface area is 95.3 Å². The van der Waals surface area contributed by atoms with Crippen LogP contribution in [0.4, 0.5) is 0 Å². The van der Waals surface area contributed by atoms with E-state index in [0.29, 0.717) is 5.92 Å². The summed E-state index contributed by atoms with van der Waals surface area (Å²) in [6.45, 7) is 3.89. The van der Waals surface area contributed by atoms with Gasteiger partial charge >= 0.3 is 0 Å². The highest BCUT2D eigenvalue weighted by molar-refractivity contribution is 7.99. The predicted octanol–water partition coefficient (Wildman–Crippen LogP) is 3.88. The molecule has 0 saturated carbocycles. The number of benzene rings is 1. The Balaban J connectivity index is 2.44. The van der Waals surface area contributed by atoms with Gasteiger partial charge in [-0.3, -0.25) is 4.79 Å². The lowest BCUT2D eigenvalue weighted by Gasteiger charge is -2.12. The van der Waals surface area contributed by atoms with E-state index in [4.69, 9.17) is 0 Å². The molecule has 2 heteroatoms. The fourth-order valence-electron chi connectivity index (χ4n) is 2.01. The van der Waals surface area contributed by atoms with Gasteiger partial charge in [-0.25, -0.2) is 0 Å². The Morgan fingerprint density at radius 2 is 2.27 bits per heavy atom. The summed E-state index contributed by atoms with van der Waals surface area (Å²) < 4.78 is 0. The molecule has 0 aromatic heterocycles. The van der Waals surface area contributed by atoms with Gasteiger partial charge < -0.3 is 0 Å². The lowest BCUT2D eigenvalue weighted by molar-refractivity contribution is 0.101. The molecule has 1 atom stereocenters. The maximum Gasteiger partial charge on any atom is 0.159 e. The summed E-state index contributed by atoms with van der Waals surface area (Å²) in [5.41, 5.74) is 2.22. The van der Waals surface area contributed by atoms with E-state index in [-0.39, 0.29) is 5.78 Å². The second kappa shape index (κ2) is 4.40. The zero-order chi connectivity index (χ0) is 10.8. The van der Waals surface area contributed by atoms with Gasteiger partial charge in [0, 0.05) is 10.5 Å². The van der Waals surface area contributed by atoms with Gasteiger partial charge in [-0.15, -0.1) is 11.8 Å². The van der Waals surface area contributed by atoms with Gasteiger partial charge in [0.1, 0.15) is 0 Å². The number of hydrogen-bond acceptors (Lipinski definition) is 2. The van der Waals surface area contributed by atoms with Crippen LogP contribution in [0.3, 0.4) is 0 Å². The number of fused-ring (bicyclic) bond motifs is 1. The first kappa shape index (κ1) is 10.7. The molecule has 0 fully saturated rings. The fourth-order valence-corrected chi connectivity index (χ4v) is 3.13. The highest BCUT2D eigenvalue weighted by Crippen LogP contribution is 2.36. The van der Waals surface area contributed by atoms with Crippen LogP contribution < -0.4 is 0 Å². The average molecular weight is 220 g/mol. The van der Waals surface area contributed by atoms with Crippen LogP contribution in [0.5, 0.6) is 0 Å². The third-order valence-electron chi connectivity index (χ3n) is 2.99. The van der Waals surface area contributed by atoms with E-state index in [9.17, 15) is 4.79 Å². The third kappa shape index (κ3) is 2.25. The van der Waals surface area contributed by atoms with Gasteiger partial charge in [-0.1, -0.05) is 13.0 Å². The standard InChI is InChI=1S/C13H16OS/c1-9-4-3-7-15-13-6-5-11(10(2)14)8-12(9)13/h5-6,8-9H,3-4,7H2,1-2H3. The molecule has 15 heavy (non-hydrogen) atoms. The largest absolute Gasteiger partial charge is 0.295 e. The zero-order valence-electron chi connectivity index (χ0n) is 9.25. The molecule has 0 amide bonds. The summed E-state index contributed by atoms with van der Waals surface area (Å²) in [6, 6.07) is 6.14. The van der Waals surface area contributed by atoms with Crippen LogP contribution in [0, 0.1) is 0 Å². The Bertz CT molecular complexity index is 384. The van der Waals surface area contributed by atoms with Crippen molar-refractivity contribution in [2.45, 2.75) is 37.5 Å². The summed E-state index contributed by atoms with van der Waals surface area (Å²) >= 11 is 1.92. The molecule has 1 unspecified atom stereocenters. The Hall–Kier alpha value is -0.760. The number of ketones is 1. The summed E-state index contributed by atoms with van der Waals surface area (Å²) in [4.78, 5) is 12.7. The van der Waals surface area contributed by atoms with E-state index in [1.54, 1.807) is 6.92 Å². The smallest absolute Gasteiger partial charge is 0.159 e. The van der Waals surface area contributed by atoms with Crippen LogP contribution >= 0.6 is 11.8 Å². The lowest BCUT2D eigenvalue weighted by Crippen LogP contribution is -1.98. The van der Waals surface area contributed by atoms with Crippen LogP contribution in [0.15, 0.2) is 23.1 Å². The summed E-state index contributed by atoms with van der Waals surface area (Å²) in [5, 5.41) is 0. The minimum Gasteiger partial charge on any atom is -0.295 e. The Morgan fingerprint density at radius 1 is 1.47 bits per heavy atom. The number of thioether (sulfide) groups is 1. The number of carbonyl (C=O) groups excluding carboxylic acids is 1. The van der Waals surface area contributed by atoms with E-state index in [0.717, 1.165) is 5.56 Å². The first-order valence-corrected chi connectivity index (χ1v) is 6.44. The quantitative estimate of drug-likeness (QED) is 0.668. The molecule has 0 radical (unpaired) electrons. The number of carbonyl (C=O) groups is 1. The minimum atomic E-state index is 0.166. The van der Waals surface area contributed by atoms with Gasteiger partial charge in [-0.2, -0.15) is 0 Å². The molecule has 1 aliphatic rings. The van der Waals surface area contributed by atoms with Crippen molar-refractivity contribution in [3.63, 3.8) is 0 Å². The predicted molar refractivity (Wildman–Crippen MR) is 64.8 cm³/mol. The number of Topliss-reactive ketones (excluding diaryl/α,β-unsaturated/α-hetero) is 1. The summed E-state index contributed by atoms with van der Waals surface area (Å²) in [6.07, 6.45) is 2.51. The van der Waals surface area contributed by atoms with Crippen LogP contribution in [0.1, 0.15) is 48.5 Å². The molecule has 0 aliphatic carbocycles. The van der Waals surface area contributed by atoms with Crippen molar-refractivity contribution in [1.82, 2.24) is 0 Å². The van der Waals surface area contributed by atoms with Crippen molar-refractivity contribution in [1.29, 1.82) is 0 Å². The Kier molecular flexibility index (Phi) is 3.15. The molecular formula is C13H16OS. The molecule has 0 bridgehead atoms. The number of hydrogen-bond donors (Lipinski definition) is 0. The molecule has 0 N–H and O–H groups in total. The monoisotopic (exact) mass is 220 g/mol. The van der Waals surface area contributed by atoms with Crippen molar-refractivity contribution in [3.05, 3.63) is 29.3 Å². The molecule has 1 nitrogen and oxygen atoms in total. The molecule has 1 aromatic carbocycles. The topological polar surface area (TPSA) is 17.1 Å². The minimum absolute atomic E-state index is 0.166. The van der Waals surface area contributed by atoms with Crippen molar-refractivity contribution in [3.8, 4) is 0 Å². The van der Waals surface area contributed by atoms with Crippen LogP contribution in [0.2, 0.25) is 0 Å². The second-order valence-electron chi connectivity index (χ2n) is 4.20. The maximum atomic E-state index is 11.3. The summed E-state index contributed by atoms with van der Waals surface area (Å²) in [7, 11) is 0. The van der Waals surface area contributed by atoms with E-state index >= 15 is 0 Å². The van der Waals surface area contributed by atoms with Gasteiger partial charge in [0.15, 0.2) is 5.78 Å². The molecule has 0 spiro atoms. The SMILES string of the molecule is CC(=O)c1ccc2c(c1)C(C)CCCS2. The van der Waals surface area contributed by atoms with Gasteiger partial charge in [0.05, 0.1) is 0 Å². The van der Waals surface area contributed by atoms with Crippen molar-refractivity contribution in [2.75, 3.05) is 5.75 Å². The van der Waals surface area contributed by atoms with Gasteiger partial charge in [0.2, 0.25) is 0 Å². The van der Waals surface area contributed by atoms with E-state index in [2.05, 4.69) is 19.1 Å².